The smallest absolute Gasteiger partial charge is 0.346 e. The van der Waals surface area contributed by atoms with E-state index in [4.69, 9.17) is 9.47 Å². The van der Waals surface area contributed by atoms with E-state index in [1.54, 1.807) is 0 Å². The Labute approximate surface area is 86.6 Å². The zero-order chi connectivity index (χ0) is 10.2. The van der Waals surface area contributed by atoms with Gasteiger partial charge in [-0.3, -0.25) is 0 Å². The van der Waals surface area contributed by atoms with E-state index in [0.717, 1.165) is 4.88 Å². The topological polar surface area (TPSA) is 38.8 Å². The Kier molecular flexibility index (Phi) is 2.33. The summed E-state index contributed by atoms with van der Waals surface area (Å²) < 4.78 is 10.4. The Morgan fingerprint density at radius 2 is 2.43 bits per heavy atom. The van der Waals surface area contributed by atoms with E-state index in [1.165, 1.54) is 11.3 Å². The Morgan fingerprint density at radius 3 is 2.86 bits per heavy atom. The van der Waals surface area contributed by atoms with Crippen LogP contribution in [0.15, 0.2) is 17.5 Å². The van der Waals surface area contributed by atoms with Gasteiger partial charge in [-0.2, -0.15) is 0 Å². The molecule has 2 rings (SSSR count). The molecule has 1 fully saturated rings. The lowest BCUT2D eigenvalue weighted by Gasteiger charge is -2.12. The van der Waals surface area contributed by atoms with Gasteiger partial charge in [-0.1, -0.05) is 6.07 Å². The number of hydrogen-bond donors (Lipinski definition) is 0. The van der Waals surface area contributed by atoms with Gasteiger partial charge in [-0.15, -0.1) is 11.3 Å². The number of rotatable bonds is 3. The van der Waals surface area contributed by atoms with Gasteiger partial charge in [0, 0.05) is 0 Å². The highest BCUT2D eigenvalue weighted by Gasteiger charge is 2.56. The molecule has 4 heteroatoms. The van der Waals surface area contributed by atoms with Crippen LogP contribution in [0.1, 0.15) is 18.7 Å². The molecule has 1 aromatic rings. The SMILES string of the molecule is CC(C)OC(=O)C1(c2cccs2)CO1. The molecule has 0 bridgehead atoms. The van der Waals surface area contributed by atoms with Crippen LogP contribution in [0, 0.1) is 0 Å². The standard InChI is InChI=1S/C10H12O3S/c1-7(2)13-9(11)10(6-12-10)8-4-3-5-14-8/h3-5,7H,6H2,1-2H3. The second kappa shape index (κ2) is 3.37. The fourth-order valence-corrected chi connectivity index (χ4v) is 2.10. The quantitative estimate of drug-likeness (QED) is 0.567. The van der Waals surface area contributed by atoms with Crippen molar-refractivity contribution in [1.82, 2.24) is 0 Å². The molecule has 0 N–H and O–H groups in total. The van der Waals surface area contributed by atoms with E-state index in [9.17, 15) is 4.79 Å². The van der Waals surface area contributed by atoms with Crippen LogP contribution in [0.3, 0.4) is 0 Å². The van der Waals surface area contributed by atoms with Gasteiger partial charge in [0.15, 0.2) is 0 Å². The first-order chi connectivity index (χ1) is 6.65. The summed E-state index contributed by atoms with van der Waals surface area (Å²) >= 11 is 1.52. The molecule has 1 atom stereocenters. The van der Waals surface area contributed by atoms with Crippen LogP contribution in [0.2, 0.25) is 0 Å². The van der Waals surface area contributed by atoms with Crippen molar-refractivity contribution < 1.29 is 14.3 Å². The minimum Gasteiger partial charge on any atom is -0.460 e. The monoisotopic (exact) mass is 212 g/mol. The minimum absolute atomic E-state index is 0.0939. The molecular weight excluding hydrogens is 200 g/mol. The molecule has 3 nitrogen and oxygen atoms in total. The van der Waals surface area contributed by atoms with Crippen LogP contribution in [-0.2, 0) is 19.9 Å². The molecule has 0 aromatic carbocycles. The third kappa shape index (κ3) is 1.55. The van der Waals surface area contributed by atoms with E-state index < -0.39 is 5.60 Å². The molecule has 0 aliphatic carbocycles. The van der Waals surface area contributed by atoms with Crippen LogP contribution >= 0.6 is 11.3 Å². The number of carbonyl (C=O) groups excluding carboxylic acids is 1. The normalized spacial score (nSPS) is 25.1. The van der Waals surface area contributed by atoms with Crippen molar-refractivity contribution in [2.75, 3.05) is 6.61 Å². The third-order valence-corrected chi connectivity index (χ3v) is 3.04. The predicted molar refractivity (Wildman–Crippen MR) is 53.2 cm³/mol. The number of thiophene rings is 1. The first-order valence-corrected chi connectivity index (χ1v) is 5.42. The summed E-state index contributed by atoms with van der Waals surface area (Å²) in [5.41, 5.74) is -0.779. The predicted octanol–water partition coefficient (Wildman–Crippen LogP) is 1.93. The molecule has 0 radical (unpaired) electrons. The van der Waals surface area contributed by atoms with Gasteiger partial charge in [-0.05, 0) is 25.3 Å². The van der Waals surface area contributed by atoms with Gasteiger partial charge in [0.2, 0.25) is 5.60 Å². The third-order valence-electron chi connectivity index (χ3n) is 2.02. The molecule has 0 amide bonds. The Hall–Kier alpha value is -0.870. The summed E-state index contributed by atoms with van der Waals surface area (Å²) in [6.07, 6.45) is -0.0939. The van der Waals surface area contributed by atoms with Crippen molar-refractivity contribution >= 4 is 17.3 Å². The van der Waals surface area contributed by atoms with Gasteiger partial charge in [0.1, 0.15) is 0 Å². The molecule has 1 saturated heterocycles. The highest BCUT2D eigenvalue weighted by molar-refractivity contribution is 7.10. The molecule has 76 valence electrons. The number of ether oxygens (including phenoxy) is 2. The summed E-state index contributed by atoms with van der Waals surface area (Å²) in [5, 5.41) is 1.93. The fourth-order valence-electron chi connectivity index (χ4n) is 1.25. The van der Waals surface area contributed by atoms with E-state index in [1.807, 2.05) is 31.4 Å². The molecule has 1 aromatic heterocycles. The fraction of sp³-hybridized carbons (Fsp3) is 0.500. The zero-order valence-corrected chi connectivity index (χ0v) is 8.97. The van der Waals surface area contributed by atoms with E-state index in [2.05, 4.69) is 0 Å². The number of esters is 1. The Balaban J connectivity index is 2.14. The second-order valence-electron chi connectivity index (χ2n) is 3.55. The van der Waals surface area contributed by atoms with E-state index >= 15 is 0 Å². The van der Waals surface area contributed by atoms with Crippen molar-refractivity contribution in [3.8, 4) is 0 Å². The van der Waals surface area contributed by atoms with Crippen LogP contribution in [-0.4, -0.2) is 18.7 Å². The van der Waals surface area contributed by atoms with Gasteiger partial charge in [0.05, 0.1) is 17.6 Å². The van der Waals surface area contributed by atoms with Gasteiger partial charge < -0.3 is 9.47 Å². The molecule has 0 spiro atoms. The average Bonchev–Trinajstić information content (AvgIpc) is 2.74. The average molecular weight is 212 g/mol. The summed E-state index contributed by atoms with van der Waals surface area (Å²) in [5.74, 6) is -0.269. The highest BCUT2D eigenvalue weighted by atomic mass is 32.1. The zero-order valence-electron chi connectivity index (χ0n) is 8.15. The molecule has 0 saturated carbocycles. The van der Waals surface area contributed by atoms with Crippen molar-refractivity contribution in [3.63, 3.8) is 0 Å². The summed E-state index contributed by atoms with van der Waals surface area (Å²) in [7, 11) is 0. The highest BCUT2D eigenvalue weighted by Crippen LogP contribution is 2.42. The van der Waals surface area contributed by atoms with E-state index in [-0.39, 0.29) is 12.1 Å². The first kappa shape index (κ1) is 9.68. The second-order valence-corrected chi connectivity index (χ2v) is 4.49. The lowest BCUT2D eigenvalue weighted by Crippen LogP contribution is -2.26. The Morgan fingerprint density at radius 1 is 1.71 bits per heavy atom. The van der Waals surface area contributed by atoms with Crippen molar-refractivity contribution in [1.29, 1.82) is 0 Å². The molecule has 1 unspecified atom stereocenters. The summed E-state index contributed by atoms with van der Waals surface area (Å²) in [6.45, 7) is 4.11. The molecule has 2 heterocycles. The molecule has 1 aliphatic heterocycles. The van der Waals surface area contributed by atoms with Crippen LogP contribution in [0.4, 0.5) is 0 Å². The number of hydrogen-bond acceptors (Lipinski definition) is 4. The maximum absolute atomic E-state index is 11.7. The van der Waals surface area contributed by atoms with Gasteiger partial charge in [-0.25, -0.2) is 4.79 Å². The largest absolute Gasteiger partial charge is 0.460 e. The van der Waals surface area contributed by atoms with Crippen molar-refractivity contribution in [2.45, 2.75) is 25.6 Å². The van der Waals surface area contributed by atoms with Crippen LogP contribution in [0.25, 0.3) is 0 Å². The van der Waals surface area contributed by atoms with Gasteiger partial charge in [0.25, 0.3) is 0 Å². The number of carbonyl (C=O) groups is 1. The molecule has 1 aliphatic rings. The summed E-state index contributed by atoms with van der Waals surface area (Å²) in [4.78, 5) is 12.6. The van der Waals surface area contributed by atoms with Crippen molar-refractivity contribution in [3.05, 3.63) is 22.4 Å². The summed E-state index contributed by atoms with van der Waals surface area (Å²) in [6, 6.07) is 3.81. The molecule has 14 heavy (non-hydrogen) atoms. The van der Waals surface area contributed by atoms with Crippen LogP contribution < -0.4 is 0 Å². The number of epoxide rings is 1. The van der Waals surface area contributed by atoms with Crippen LogP contribution in [0.5, 0.6) is 0 Å². The maximum Gasteiger partial charge on any atom is 0.346 e. The maximum atomic E-state index is 11.7. The lowest BCUT2D eigenvalue weighted by molar-refractivity contribution is -0.154. The van der Waals surface area contributed by atoms with Gasteiger partial charge >= 0.3 is 5.97 Å². The van der Waals surface area contributed by atoms with Crippen molar-refractivity contribution in [2.24, 2.45) is 0 Å². The first-order valence-electron chi connectivity index (χ1n) is 4.54. The molecular formula is C10H12O3S. The lowest BCUT2D eigenvalue weighted by atomic mass is 10.1. The van der Waals surface area contributed by atoms with E-state index in [0.29, 0.717) is 6.61 Å². The minimum atomic E-state index is -0.779. The Bertz CT molecular complexity index is 325.